The zero-order valence-electron chi connectivity index (χ0n) is 17.0. The normalized spacial score (nSPS) is 10.8. The standard InChI is InChI=1S/C23H17BrIN3O3S/c1-12-4-3-5-15(20(12)30-2)21(29)28-23(32)26-14-7-9-19-18(11-14)27-22(31-19)16-10-13(25)6-8-17(16)24/h3-11H,1-2H3,(H2,26,28,29,32). The second-order valence-corrected chi connectivity index (χ2v) is 9.40. The zero-order chi connectivity index (χ0) is 22.8. The lowest BCUT2D eigenvalue weighted by atomic mass is 10.1. The Bertz CT molecular complexity index is 1360. The number of carbonyl (C=O) groups is 1. The van der Waals surface area contributed by atoms with Crippen LogP contribution in [0.5, 0.6) is 5.75 Å². The highest BCUT2D eigenvalue weighted by molar-refractivity contribution is 14.1. The van der Waals surface area contributed by atoms with Gasteiger partial charge in [-0.3, -0.25) is 10.1 Å². The minimum Gasteiger partial charge on any atom is -0.496 e. The van der Waals surface area contributed by atoms with Crippen LogP contribution < -0.4 is 15.4 Å². The zero-order valence-corrected chi connectivity index (χ0v) is 21.6. The highest BCUT2D eigenvalue weighted by atomic mass is 127. The number of nitrogens with one attached hydrogen (secondary N) is 2. The van der Waals surface area contributed by atoms with Crippen molar-refractivity contribution in [1.82, 2.24) is 10.3 Å². The van der Waals surface area contributed by atoms with Crippen molar-refractivity contribution < 1.29 is 13.9 Å². The summed E-state index contributed by atoms with van der Waals surface area (Å²) in [6, 6.07) is 16.8. The average Bonchev–Trinajstić information content (AvgIpc) is 3.18. The summed E-state index contributed by atoms with van der Waals surface area (Å²) in [5, 5.41) is 5.88. The molecule has 0 bridgehead atoms. The Morgan fingerprint density at radius 2 is 2.00 bits per heavy atom. The smallest absolute Gasteiger partial charge is 0.261 e. The second-order valence-electron chi connectivity index (χ2n) is 6.89. The molecule has 2 N–H and O–H groups in total. The largest absolute Gasteiger partial charge is 0.496 e. The minimum atomic E-state index is -0.351. The number of oxazole rings is 1. The van der Waals surface area contributed by atoms with Gasteiger partial charge in [-0.25, -0.2) is 4.98 Å². The lowest BCUT2D eigenvalue weighted by molar-refractivity contribution is 0.0974. The summed E-state index contributed by atoms with van der Waals surface area (Å²) in [6.07, 6.45) is 0. The van der Waals surface area contributed by atoms with E-state index in [0.717, 1.165) is 19.2 Å². The van der Waals surface area contributed by atoms with Gasteiger partial charge in [0.15, 0.2) is 10.7 Å². The van der Waals surface area contributed by atoms with Crippen molar-refractivity contribution in [3.63, 3.8) is 0 Å². The molecule has 0 atom stereocenters. The number of halogens is 2. The Kier molecular flexibility index (Phi) is 6.77. The monoisotopic (exact) mass is 621 g/mol. The molecule has 0 spiro atoms. The van der Waals surface area contributed by atoms with E-state index in [0.29, 0.717) is 34.0 Å². The van der Waals surface area contributed by atoms with Crippen molar-refractivity contribution in [3.05, 3.63) is 73.8 Å². The van der Waals surface area contributed by atoms with Crippen LogP contribution in [0.1, 0.15) is 15.9 Å². The molecule has 32 heavy (non-hydrogen) atoms. The summed E-state index contributed by atoms with van der Waals surface area (Å²) < 4.78 is 13.3. The number of hydrogen-bond acceptors (Lipinski definition) is 5. The first kappa shape index (κ1) is 22.7. The first-order chi connectivity index (χ1) is 15.4. The minimum absolute atomic E-state index is 0.169. The molecule has 9 heteroatoms. The molecule has 1 amide bonds. The molecule has 0 saturated heterocycles. The van der Waals surface area contributed by atoms with Crippen LogP contribution in [0.4, 0.5) is 5.69 Å². The van der Waals surface area contributed by atoms with Crippen molar-refractivity contribution in [3.8, 4) is 17.2 Å². The maximum atomic E-state index is 12.7. The van der Waals surface area contributed by atoms with Crippen molar-refractivity contribution in [1.29, 1.82) is 0 Å². The molecular formula is C23H17BrIN3O3S. The van der Waals surface area contributed by atoms with Crippen LogP contribution in [0.2, 0.25) is 0 Å². The van der Waals surface area contributed by atoms with E-state index in [4.69, 9.17) is 21.4 Å². The number of anilines is 1. The fourth-order valence-corrected chi connectivity index (χ4v) is 4.33. The number of thiocarbonyl (C=S) groups is 1. The van der Waals surface area contributed by atoms with E-state index in [-0.39, 0.29) is 11.0 Å². The van der Waals surface area contributed by atoms with Crippen LogP contribution in [-0.4, -0.2) is 23.1 Å². The highest BCUT2D eigenvalue weighted by Crippen LogP contribution is 2.32. The number of fused-ring (bicyclic) bond motifs is 1. The fourth-order valence-electron chi connectivity index (χ4n) is 3.22. The van der Waals surface area contributed by atoms with Gasteiger partial charge in [0.25, 0.3) is 5.91 Å². The summed E-state index contributed by atoms with van der Waals surface area (Å²) in [6.45, 7) is 1.88. The third-order valence-corrected chi connectivity index (χ3v) is 6.26. The molecule has 1 heterocycles. The fraction of sp³-hybridized carbons (Fsp3) is 0.0870. The van der Waals surface area contributed by atoms with Crippen LogP contribution in [0.15, 0.2) is 63.5 Å². The first-order valence-corrected chi connectivity index (χ1v) is 11.8. The van der Waals surface area contributed by atoms with Crippen LogP contribution in [0, 0.1) is 10.5 Å². The molecule has 4 aromatic rings. The third kappa shape index (κ3) is 4.79. The van der Waals surface area contributed by atoms with Crippen LogP contribution in [-0.2, 0) is 0 Å². The molecule has 0 fully saturated rings. The highest BCUT2D eigenvalue weighted by Gasteiger charge is 2.16. The summed E-state index contributed by atoms with van der Waals surface area (Å²) in [5.74, 6) is 0.687. The molecule has 4 rings (SSSR count). The molecule has 3 aromatic carbocycles. The van der Waals surface area contributed by atoms with Gasteiger partial charge in [0.05, 0.1) is 18.2 Å². The quantitative estimate of drug-likeness (QED) is 0.206. The van der Waals surface area contributed by atoms with Gasteiger partial charge in [-0.15, -0.1) is 0 Å². The maximum Gasteiger partial charge on any atom is 0.261 e. The molecule has 6 nitrogen and oxygen atoms in total. The Balaban J connectivity index is 1.52. The number of ether oxygens (including phenoxy) is 1. The van der Waals surface area contributed by atoms with Crippen LogP contribution in [0.25, 0.3) is 22.6 Å². The molecule has 0 aliphatic carbocycles. The molecule has 0 aliphatic rings. The molecule has 1 aromatic heterocycles. The Labute approximate surface area is 212 Å². The summed E-state index contributed by atoms with van der Waals surface area (Å²) in [4.78, 5) is 17.3. The SMILES string of the molecule is COc1c(C)cccc1C(=O)NC(=S)Nc1ccc2oc(-c3cc(I)ccc3Br)nc2c1. The maximum absolute atomic E-state index is 12.7. The first-order valence-electron chi connectivity index (χ1n) is 9.47. The summed E-state index contributed by atoms with van der Waals surface area (Å²) >= 11 is 11.1. The number of benzene rings is 3. The number of aryl methyl sites for hydroxylation is 1. The number of methoxy groups -OCH3 is 1. The predicted octanol–water partition coefficient (Wildman–Crippen LogP) is 6.31. The Morgan fingerprint density at radius 3 is 2.78 bits per heavy atom. The van der Waals surface area contributed by atoms with Gasteiger partial charge in [0.1, 0.15) is 11.3 Å². The summed E-state index contributed by atoms with van der Waals surface area (Å²) in [5.41, 5.74) is 4.15. The van der Waals surface area contributed by atoms with E-state index in [1.54, 1.807) is 12.1 Å². The van der Waals surface area contributed by atoms with Crippen molar-refractivity contribution in [2.24, 2.45) is 0 Å². The molecule has 0 aliphatic heterocycles. The van der Waals surface area contributed by atoms with E-state index in [9.17, 15) is 4.79 Å². The lowest BCUT2D eigenvalue weighted by Crippen LogP contribution is -2.34. The van der Waals surface area contributed by atoms with Gasteiger partial charge < -0.3 is 14.5 Å². The van der Waals surface area contributed by atoms with Crippen LogP contribution in [0.3, 0.4) is 0 Å². The average molecular weight is 622 g/mol. The second kappa shape index (κ2) is 9.55. The van der Waals surface area contributed by atoms with E-state index in [2.05, 4.69) is 54.1 Å². The van der Waals surface area contributed by atoms with Crippen molar-refractivity contribution in [2.75, 3.05) is 12.4 Å². The van der Waals surface area contributed by atoms with Gasteiger partial charge in [-0.05, 0) is 106 Å². The molecule has 0 unspecified atom stereocenters. The van der Waals surface area contributed by atoms with Gasteiger partial charge in [-0.1, -0.05) is 12.1 Å². The van der Waals surface area contributed by atoms with E-state index in [1.165, 1.54) is 7.11 Å². The van der Waals surface area contributed by atoms with Gasteiger partial charge in [0.2, 0.25) is 5.89 Å². The Morgan fingerprint density at radius 1 is 1.19 bits per heavy atom. The van der Waals surface area contributed by atoms with E-state index in [1.807, 2.05) is 49.4 Å². The number of nitrogens with zero attached hydrogens (tertiary/aromatic N) is 1. The number of amides is 1. The van der Waals surface area contributed by atoms with Crippen molar-refractivity contribution in [2.45, 2.75) is 6.92 Å². The van der Waals surface area contributed by atoms with Gasteiger partial charge in [0, 0.05) is 13.7 Å². The van der Waals surface area contributed by atoms with E-state index >= 15 is 0 Å². The molecule has 0 saturated carbocycles. The number of hydrogen-bond donors (Lipinski definition) is 2. The number of rotatable bonds is 4. The number of carbonyl (C=O) groups excluding carboxylic acids is 1. The molecule has 162 valence electrons. The lowest BCUT2D eigenvalue weighted by Gasteiger charge is -2.13. The Hall–Kier alpha value is -2.50. The number of aromatic nitrogens is 1. The molecule has 0 radical (unpaired) electrons. The topological polar surface area (TPSA) is 76.4 Å². The third-order valence-electron chi connectivity index (χ3n) is 4.69. The van der Waals surface area contributed by atoms with Gasteiger partial charge in [-0.2, -0.15) is 0 Å². The number of para-hydroxylation sites is 1. The molecular weight excluding hydrogens is 605 g/mol. The van der Waals surface area contributed by atoms with Crippen molar-refractivity contribution >= 4 is 78.5 Å². The van der Waals surface area contributed by atoms with Crippen LogP contribution >= 0.6 is 50.7 Å². The summed E-state index contributed by atoms with van der Waals surface area (Å²) in [7, 11) is 1.53. The predicted molar refractivity (Wildman–Crippen MR) is 141 cm³/mol. The van der Waals surface area contributed by atoms with E-state index < -0.39 is 0 Å². The van der Waals surface area contributed by atoms with Gasteiger partial charge >= 0.3 is 0 Å².